The van der Waals surface area contributed by atoms with Crippen LogP contribution in [0.15, 0.2) is 30.3 Å². The first-order valence-corrected chi connectivity index (χ1v) is 8.93. The molecular weight excluding hydrogens is 457 g/mol. The summed E-state index contributed by atoms with van der Waals surface area (Å²) < 4.78 is 28.4. The predicted molar refractivity (Wildman–Crippen MR) is 103 cm³/mol. The summed E-state index contributed by atoms with van der Waals surface area (Å²) in [4.78, 5) is 17.4. The van der Waals surface area contributed by atoms with Gasteiger partial charge in [0.25, 0.3) is 5.91 Å². The fourth-order valence-electron chi connectivity index (χ4n) is 2.05. The van der Waals surface area contributed by atoms with Gasteiger partial charge in [-0.2, -0.15) is 0 Å². The molecular formula is C18H19F2IN2O3. The van der Waals surface area contributed by atoms with E-state index < -0.39 is 29.7 Å². The highest BCUT2D eigenvalue weighted by atomic mass is 127. The van der Waals surface area contributed by atoms with Gasteiger partial charge in [0.1, 0.15) is 6.10 Å². The Morgan fingerprint density at radius 1 is 1.15 bits per heavy atom. The second-order valence-electron chi connectivity index (χ2n) is 5.89. The molecule has 0 aliphatic rings. The number of aliphatic hydroxyl groups excluding tert-OH is 1. The van der Waals surface area contributed by atoms with Crippen LogP contribution in [0.25, 0.3) is 0 Å². The lowest BCUT2D eigenvalue weighted by molar-refractivity contribution is -0.0601. The predicted octanol–water partition coefficient (Wildman–Crippen LogP) is 4.05. The minimum Gasteiger partial charge on any atom is -0.391 e. The van der Waals surface area contributed by atoms with Crippen molar-refractivity contribution in [2.45, 2.75) is 33.0 Å². The van der Waals surface area contributed by atoms with Crippen molar-refractivity contribution < 1.29 is 23.5 Å². The molecule has 2 atom stereocenters. The SMILES string of the molecule is Cc1cc(I)ccc1Nc1cc(F)c(F)cc1C(=O)NOC(C)C(C)O. The van der Waals surface area contributed by atoms with Crippen molar-refractivity contribution in [3.8, 4) is 0 Å². The third-order valence-electron chi connectivity index (χ3n) is 3.78. The molecule has 8 heteroatoms. The Labute approximate surface area is 163 Å². The molecule has 2 unspecified atom stereocenters. The van der Waals surface area contributed by atoms with E-state index in [1.807, 2.05) is 19.1 Å². The van der Waals surface area contributed by atoms with E-state index in [1.54, 1.807) is 13.0 Å². The van der Waals surface area contributed by atoms with Crippen molar-refractivity contribution in [2.24, 2.45) is 0 Å². The Morgan fingerprint density at radius 3 is 2.42 bits per heavy atom. The maximum absolute atomic E-state index is 13.7. The lowest BCUT2D eigenvalue weighted by atomic mass is 10.1. The largest absolute Gasteiger partial charge is 0.391 e. The molecule has 0 radical (unpaired) electrons. The van der Waals surface area contributed by atoms with Crippen LogP contribution in [0.5, 0.6) is 0 Å². The van der Waals surface area contributed by atoms with E-state index in [0.717, 1.165) is 21.3 Å². The van der Waals surface area contributed by atoms with Gasteiger partial charge in [0.2, 0.25) is 0 Å². The molecule has 1 amide bonds. The van der Waals surface area contributed by atoms with Gasteiger partial charge >= 0.3 is 0 Å². The number of carbonyl (C=O) groups is 1. The first-order valence-electron chi connectivity index (χ1n) is 7.85. The molecule has 5 nitrogen and oxygen atoms in total. The van der Waals surface area contributed by atoms with E-state index in [-0.39, 0.29) is 11.3 Å². The van der Waals surface area contributed by atoms with Gasteiger partial charge in [0.05, 0.1) is 17.4 Å². The number of carbonyl (C=O) groups excluding carboxylic acids is 1. The number of halogens is 3. The number of anilines is 2. The van der Waals surface area contributed by atoms with Crippen molar-refractivity contribution in [1.82, 2.24) is 5.48 Å². The summed E-state index contributed by atoms with van der Waals surface area (Å²) in [5, 5.41) is 12.3. The third kappa shape index (κ3) is 5.12. The first kappa shape index (κ1) is 20.5. The number of rotatable bonds is 6. The number of hydrogen-bond donors (Lipinski definition) is 3. The molecule has 0 aliphatic carbocycles. The van der Waals surface area contributed by atoms with Gasteiger partial charge in [-0.15, -0.1) is 0 Å². The molecule has 140 valence electrons. The number of nitrogens with one attached hydrogen (secondary N) is 2. The standard InChI is InChI=1S/C18H19F2IN2O3/c1-9-6-12(21)4-5-16(9)22-17-8-15(20)14(19)7-13(17)18(25)23-26-11(3)10(2)24/h4-8,10-11,22,24H,1-3H3,(H,23,25). The molecule has 0 heterocycles. The number of hydroxylamine groups is 1. The van der Waals surface area contributed by atoms with E-state index in [9.17, 15) is 18.7 Å². The van der Waals surface area contributed by atoms with E-state index >= 15 is 0 Å². The fraction of sp³-hybridized carbons (Fsp3) is 0.278. The van der Waals surface area contributed by atoms with Crippen LogP contribution >= 0.6 is 22.6 Å². The zero-order chi connectivity index (χ0) is 19.4. The van der Waals surface area contributed by atoms with Crippen LogP contribution in [0.2, 0.25) is 0 Å². The van der Waals surface area contributed by atoms with Gasteiger partial charge < -0.3 is 10.4 Å². The van der Waals surface area contributed by atoms with Gasteiger partial charge in [-0.05, 0) is 73.2 Å². The Bertz CT molecular complexity index is 815. The molecule has 0 aliphatic heterocycles. The van der Waals surface area contributed by atoms with Crippen LogP contribution in [0.4, 0.5) is 20.2 Å². The number of aryl methyl sites for hydroxylation is 1. The molecule has 2 rings (SSSR count). The van der Waals surface area contributed by atoms with E-state index in [0.29, 0.717) is 5.69 Å². The quantitative estimate of drug-likeness (QED) is 0.435. The van der Waals surface area contributed by atoms with Gasteiger partial charge in [-0.3, -0.25) is 9.63 Å². The van der Waals surface area contributed by atoms with Crippen molar-refractivity contribution in [3.05, 3.63) is 56.7 Å². The highest BCUT2D eigenvalue weighted by Gasteiger charge is 2.19. The van der Waals surface area contributed by atoms with E-state index in [4.69, 9.17) is 4.84 Å². The van der Waals surface area contributed by atoms with E-state index in [1.165, 1.54) is 6.92 Å². The van der Waals surface area contributed by atoms with Crippen LogP contribution in [-0.4, -0.2) is 23.2 Å². The Kier molecular flexibility index (Phi) is 6.90. The Hall–Kier alpha value is -1.78. The van der Waals surface area contributed by atoms with Crippen molar-refractivity contribution >= 4 is 39.9 Å². The zero-order valence-corrected chi connectivity index (χ0v) is 16.6. The molecule has 2 aromatic rings. The molecule has 0 saturated heterocycles. The Morgan fingerprint density at radius 2 is 1.81 bits per heavy atom. The fourth-order valence-corrected chi connectivity index (χ4v) is 2.70. The average Bonchev–Trinajstić information content (AvgIpc) is 2.57. The summed E-state index contributed by atoms with van der Waals surface area (Å²) in [6, 6.07) is 7.26. The number of amides is 1. The molecule has 0 bridgehead atoms. The lowest BCUT2D eigenvalue weighted by Crippen LogP contribution is -2.34. The molecule has 2 aromatic carbocycles. The van der Waals surface area contributed by atoms with Gasteiger partial charge in [0, 0.05) is 15.3 Å². The average molecular weight is 476 g/mol. The normalized spacial score (nSPS) is 13.2. The molecule has 0 saturated carbocycles. The van der Waals surface area contributed by atoms with Gasteiger partial charge in [-0.25, -0.2) is 14.3 Å². The lowest BCUT2D eigenvalue weighted by Gasteiger charge is -2.17. The smallest absolute Gasteiger partial charge is 0.277 e. The van der Waals surface area contributed by atoms with Crippen LogP contribution in [0.1, 0.15) is 29.8 Å². The summed E-state index contributed by atoms with van der Waals surface area (Å²) in [6.45, 7) is 4.92. The maximum atomic E-state index is 13.7. The summed E-state index contributed by atoms with van der Waals surface area (Å²) >= 11 is 2.16. The summed E-state index contributed by atoms with van der Waals surface area (Å²) in [6.07, 6.45) is -1.48. The highest BCUT2D eigenvalue weighted by molar-refractivity contribution is 14.1. The van der Waals surface area contributed by atoms with Crippen LogP contribution in [-0.2, 0) is 4.84 Å². The number of hydrogen-bond acceptors (Lipinski definition) is 4. The summed E-state index contributed by atoms with van der Waals surface area (Å²) in [7, 11) is 0. The van der Waals surface area contributed by atoms with Crippen molar-refractivity contribution in [3.63, 3.8) is 0 Å². The minimum absolute atomic E-state index is 0.0963. The molecule has 0 spiro atoms. The molecule has 0 fully saturated rings. The summed E-state index contributed by atoms with van der Waals surface area (Å²) in [5.74, 6) is -2.99. The molecule has 0 aromatic heterocycles. The van der Waals surface area contributed by atoms with Crippen molar-refractivity contribution in [1.29, 1.82) is 0 Å². The van der Waals surface area contributed by atoms with Crippen LogP contribution in [0, 0.1) is 22.1 Å². The van der Waals surface area contributed by atoms with Crippen LogP contribution in [0.3, 0.4) is 0 Å². The van der Waals surface area contributed by atoms with E-state index in [2.05, 4.69) is 33.4 Å². The maximum Gasteiger partial charge on any atom is 0.277 e. The van der Waals surface area contributed by atoms with Gasteiger partial charge in [0.15, 0.2) is 11.6 Å². The van der Waals surface area contributed by atoms with Crippen molar-refractivity contribution in [2.75, 3.05) is 5.32 Å². The first-order chi connectivity index (χ1) is 12.2. The van der Waals surface area contributed by atoms with Crippen LogP contribution < -0.4 is 10.8 Å². The second-order valence-corrected chi connectivity index (χ2v) is 7.14. The minimum atomic E-state index is -1.15. The van der Waals surface area contributed by atoms with Gasteiger partial charge in [-0.1, -0.05) is 0 Å². The molecule has 3 N–H and O–H groups in total. The third-order valence-corrected chi connectivity index (χ3v) is 4.45. The Balaban J connectivity index is 2.30. The topological polar surface area (TPSA) is 70.6 Å². The second kappa shape index (κ2) is 8.74. The highest BCUT2D eigenvalue weighted by Crippen LogP contribution is 2.27. The molecule has 26 heavy (non-hydrogen) atoms. The monoisotopic (exact) mass is 476 g/mol. The number of benzene rings is 2. The summed E-state index contributed by atoms with van der Waals surface area (Å²) in [5.41, 5.74) is 3.66. The number of aliphatic hydroxyl groups is 1. The zero-order valence-electron chi connectivity index (χ0n) is 14.4.